The summed E-state index contributed by atoms with van der Waals surface area (Å²) in [5, 5.41) is 0. The van der Waals surface area contributed by atoms with Crippen molar-refractivity contribution in [1.29, 1.82) is 0 Å². The molecule has 57 heavy (non-hydrogen) atoms. The van der Waals surface area contributed by atoms with Gasteiger partial charge in [-0.1, -0.05) is 137 Å². The summed E-state index contributed by atoms with van der Waals surface area (Å²) in [5.41, 5.74) is 0. The molecule has 2 atom stereocenters. The Hall–Kier alpha value is -2.81. The van der Waals surface area contributed by atoms with Crippen LogP contribution in [0.1, 0.15) is 149 Å². The van der Waals surface area contributed by atoms with Crippen LogP contribution in [0, 0.1) is 0 Å². The topological polar surface area (TPSA) is 108 Å². The van der Waals surface area contributed by atoms with Gasteiger partial charge in [-0.25, -0.2) is 4.57 Å². The van der Waals surface area contributed by atoms with E-state index in [9.17, 15) is 19.0 Å². The first-order valence-electron chi connectivity index (χ1n) is 21.8. The van der Waals surface area contributed by atoms with Crippen molar-refractivity contribution in [3.63, 3.8) is 0 Å². The van der Waals surface area contributed by atoms with Crippen LogP contribution < -0.4 is 0 Å². The van der Waals surface area contributed by atoms with E-state index < -0.39 is 32.5 Å². The number of allylic oxidation sites excluding steroid dienone is 14. The minimum atomic E-state index is -4.40. The van der Waals surface area contributed by atoms with E-state index in [2.05, 4.69) is 92.8 Å². The molecule has 10 heteroatoms. The number of ether oxygens (including phenoxy) is 2. The fourth-order valence-electron chi connectivity index (χ4n) is 5.25. The number of likely N-dealkylation sites (N-methyl/N-ethyl adjacent to an activating group) is 1. The van der Waals surface area contributed by atoms with E-state index in [0.29, 0.717) is 30.3 Å². The molecule has 0 spiro atoms. The third kappa shape index (κ3) is 42.6. The first-order chi connectivity index (χ1) is 27.5. The molecular weight excluding hydrogens is 737 g/mol. The molecule has 0 saturated carbocycles. The van der Waals surface area contributed by atoms with E-state index in [4.69, 9.17) is 18.5 Å². The van der Waals surface area contributed by atoms with Crippen molar-refractivity contribution in [2.24, 2.45) is 0 Å². The number of hydrogen-bond donors (Lipinski definition) is 1. The van der Waals surface area contributed by atoms with E-state index >= 15 is 0 Å². The zero-order valence-electron chi connectivity index (χ0n) is 36.5. The van der Waals surface area contributed by atoms with E-state index in [1.165, 1.54) is 32.1 Å². The minimum absolute atomic E-state index is 0.0140. The van der Waals surface area contributed by atoms with Gasteiger partial charge in [0.2, 0.25) is 0 Å². The summed E-state index contributed by atoms with van der Waals surface area (Å²) in [6.45, 7) is 4.18. The van der Waals surface area contributed by atoms with Crippen molar-refractivity contribution < 1.29 is 42.1 Å². The smallest absolute Gasteiger partial charge is 0.462 e. The number of rotatable bonds is 38. The Kier molecular flexibility index (Phi) is 36.8. The van der Waals surface area contributed by atoms with Crippen molar-refractivity contribution >= 4 is 19.8 Å². The second-order valence-corrected chi connectivity index (χ2v) is 16.8. The van der Waals surface area contributed by atoms with Gasteiger partial charge in [0.25, 0.3) is 0 Å². The monoisotopic (exact) mass is 819 g/mol. The molecule has 0 rings (SSSR count). The van der Waals surface area contributed by atoms with Gasteiger partial charge in [0.15, 0.2) is 6.10 Å². The first kappa shape index (κ1) is 54.2. The van der Waals surface area contributed by atoms with Gasteiger partial charge >= 0.3 is 19.8 Å². The lowest BCUT2D eigenvalue weighted by atomic mass is 10.1. The molecule has 0 radical (unpaired) electrons. The second-order valence-electron chi connectivity index (χ2n) is 15.3. The molecule has 0 aliphatic carbocycles. The third-order valence-electron chi connectivity index (χ3n) is 8.66. The van der Waals surface area contributed by atoms with E-state index in [-0.39, 0.29) is 26.1 Å². The van der Waals surface area contributed by atoms with Crippen molar-refractivity contribution in [2.45, 2.75) is 155 Å². The van der Waals surface area contributed by atoms with Gasteiger partial charge in [-0.3, -0.25) is 18.6 Å². The number of carbonyl (C=O) groups excluding carboxylic acids is 2. The molecule has 2 unspecified atom stereocenters. The Morgan fingerprint density at radius 1 is 0.561 bits per heavy atom. The Balaban J connectivity index is 4.51. The number of hydrogen-bond acceptors (Lipinski definition) is 7. The number of esters is 2. The van der Waals surface area contributed by atoms with Gasteiger partial charge in [-0.05, 0) is 83.5 Å². The Morgan fingerprint density at radius 3 is 1.54 bits per heavy atom. The second kappa shape index (κ2) is 38.7. The molecule has 0 aromatic heterocycles. The van der Waals surface area contributed by atoms with Gasteiger partial charge in [-0.15, -0.1) is 0 Å². The Morgan fingerprint density at radius 2 is 1.02 bits per heavy atom. The summed E-state index contributed by atoms with van der Waals surface area (Å²) >= 11 is 0. The predicted molar refractivity (Wildman–Crippen MR) is 238 cm³/mol. The molecule has 0 aromatic carbocycles. The molecular formula is C47H81NO8P+. The lowest BCUT2D eigenvalue weighted by molar-refractivity contribution is -0.870. The Labute approximate surface area is 348 Å². The Bertz CT molecular complexity index is 1240. The number of carbonyl (C=O) groups is 2. The van der Waals surface area contributed by atoms with Gasteiger partial charge in [-0.2, -0.15) is 0 Å². The van der Waals surface area contributed by atoms with Crippen molar-refractivity contribution in [3.8, 4) is 0 Å². The highest BCUT2D eigenvalue weighted by Gasteiger charge is 2.27. The van der Waals surface area contributed by atoms with Crippen LogP contribution in [0.3, 0.4) is 0 Å². The van der Waals surface area contributed by atoms with Crippen LogP contribution in [-0.2, 0) is 32.7 Å². The van der Waals surface area contributed by atoms with Crippen LogP contribution in [-0.4, -0.2) is 74.9 Å². The van der Waals surface area contributed by atoms with E-state index in [0.717, 1.165) is 70.6 Å². The van der Waals surface area contributed by atoms with Crippen LogP contribution in [0.15, 0.2) is 85.1 Å². The lowest BCUT2D eigenvalue weighted by Crippen LogP contribution is -2.37. The maximum Gasteiger partial charge on any atom is 0.472 e. The standard InChI is InChI=1S/C47H80NO8P/c1-6-8-10-12-14-16-18-20-22-24-26-28-30-32-34-36-38-40-47(50)56-45(44-55-57(51,52)54-42-41-48(3,4)5)43-53-46(49)39-37-35-33-31-29-27-25-23-21-19-17-15-13-11-9-7-2/h8,10,14,16-17,19-20,22-23,25-26,28,32,34,45H,6-7,9,11-13,15,18,21,24,27,29-31,33,35-44H2,1-5H3/p+1/b10-8-,16-14-,19-17-,22-20-,25-23-,28-26-,34-32-. The molecule has 1 N–H and O–H groups in total. The highest BCUT2D eigenvalue weighted by atomic mass is 31.2. The molecule has 0 amide bonds. The number of phosphoric acid groups is 1. The van der Waals surface area contributed by atoms with Crippen LogP contribution >= 0.6 is 7.82 Å². The molecule has 9 nitrogen and oxygen atoms in total. The third-order valence-corrected chi connectivity index (χ3v) is 9.64. The van der Waals surface area contributed by atoms with Gasteiger partial charge in [0.1, 0.15) is 19.8 Å². The largest absolute Gasteiger partial charge is 0.472 e. The van der Waals surface area contributed by atoms with Gasteiger partial charge < -0.3 is 18.9 Å². The first-order valence-corrected chi connectivity index (χ1v) is 23.3. The zero-order valence-corrected chi connectivity index (χ0v) is 37.4. The summed E-state index contributed by atoms with van der Waals surface area (Å²) in [6, 6.07) is 0. The number of unbranched alkanes of at least 4 members (excludes halogenated alkanes) is 10. The van der Waals surface area contributed by atoms with E-state index in [1.54, 1.807) is 0 Å². The summed E-state index contributed by atoms with van der Waals surface area (Å²) < 4.78 is 34.2. The van der Waals surface area contributed by atoms with Gasteiger partial charge in [0, 0.05) is 12.8 Å². The molecule has 0 saturated heterocycles. The summed E-state index contributed by atoms with van der Waals surface area (Å²) in [7, 11) is 1.42. The van der Waals surface area contributed by atoms with E-state index in [1.807, 2.05) is 27.2 Å². The van der Waals surface area contributed by atoms with Crippen LogP contribution in [0.5, 0.6) is 0 Å². The fourth-order valence-corrected chi connectivity index (χ4v) is 6.00. The highest BCUT2D eigenvalue weighted by Crippen LogP contribution is 2.43. The van der Waals surface area contributed by atoms with Crippen molar-refractivity contribution in [3.05, 3.63) is 85.1 Å². The maximum atomic E-state index is 12.7. The number of quaternary nitrogens is 1. The summed E-state index contributed by atoms with van der Waals surface area (Å²) in [5.74, 6) is -0.892. The molecule has 0 heterocycles. The average Bonchev–Trinajstić information content (AvgIpc) is 3.16. The SMILES string of the molecule is CC/C=C\C/C=C\C/C=C\C/C=C\C/C=C\CCCC(=O)OC(COC(=O)CCCCCCC/C=C\C/C=C\CCCCCC)COP(=O)(O)OCC[N+](C)(C)C. The molecule has 0 aliphatic rings. The number of phosphoric ester groups is 1. The molecule has 0 bridgehead atoms. The van der Waals surface area contributed by atoms with Crippen LogP contribution in [0.4, 0.5) is 0 Å². The van der Waals surface area contributed by atoms with Gasteiger partial charge in [0.05, 0.1) is 27.7 Å². The normalized spacial score (nSPS) is 14.4. The van der Waals surface area contributed by atoms with Crippen LogP contribution in [0.25, 0.3) is 0 Å². The summed E-state index contributed by atoms with van der Waals surface area (Å²) in [6.07, 6.45) is 49.2. The lowest BCUT2D eigenvalue weighted by Gasteiger charge is -2.24. The highest BCUT2D eigenvalue weighted by molar-refractivity contribution is 7.47. The zero-order chi connectivity index (χ0) is 42.1. The van der Waals surface area contributed by atoms with Crippen molar-refractivity contribution in [1.82, 2.24) is 0 Å². The summed E-state index contributed by atoms with van der Waals surface area (Å²) in [4.78, 5) is 35.3. The molecule has 326 valence electrons. The quantitative estimate of drug-likeness (QED) is 0.0216. The average molecular weight is 819 g/mol. The van der Waals surface area contributed by atoms with Crippen LogP contribution in [0.2, 0.25) is 0 Å². The predicted octanol–water partition coefficient (Wildman–Crippen LogP) is 12.4. The molecule has 0 fully saturated rings. The molecule has 0 aromatic rings. The minimum Gasteiger partial charge on any atom is -0.462 e. The number of nitrogens with zero attached hydrogens (tertiary/aromatic N) is 1. The fraction of sp³-hybridized carbons (Fsp3) is 0.660. The maximum absolute atomic E-state index is 12.7. The molecule has 0 aliphatic heterocycles. The van der Waals surface area contributed by atoms with Crippen molar-refractivity contribution in [2.75, 3.05) is 47.5 Å².